The molecule has 9 aromatic carbocycles. The van der Waals surface area contributed by atoms with E-state index in [-0.39, 0.29) is 0 Å². The molecule has 320 valence electrons. The SMILES string of the molecule is c1ccc(-c2ccccc2N(c2ccc(-c3cccc4ccccc34)cc2)c2cccc3c2-c2ccccc2C32c3cc(C4CCCCC4)ccc3-c3ccc(C4CCCCC4)cc32)cc1. The molecule has 9 aromatic rings. The summed E-state index contributed by atoms with van der Waals surface area (Å²) in [6.45, 7) is 0. The van der Waals surface area contributed by atoms with Crippen molar-refractivity contribution in [1.29, 1.82) is 0 Å². The molecular weight excluding hydrogens is 795 g/mol. The Bertz CT molecular complexity index is 3200. The zero-order valence-electron chi connectivity index (χ0n) is 37.7. The Morgan fingerprint density at radius 1 is 0.348 bits per heavy atom. The first-order chi connectivity index (χ1) is 32.8. The van der Waals surface area contributed by atoms with Crippen molar-refractivity contribution < 1.29 is 0 Å². The minimum atomic E-state index is -0.440. The zero-order valence-corrected chi connectivity index (χ0v) is 37.7. The van der Waals surface area contributed by atoms with Gasteiger partial charge in [-0.3, -0.25) is 0 Å². The molecule has 0 saturated heterocycles. The summed E-state index contributed by atoms with van der Waals surface area (Å²) in [6.07, 6.45) is 13.2. The molecule has 2 fully saturated rings. The van der Waals surface area contributed by atoms with Gasteiger partial charge in [-0.05, 0) is 139 Å². The maximum absolute atomic E-state index is 2.68. The van der Waals surface area contributed by atoms with Gasteiger partial charge in [0.1, 0.15) is 0 Å². The number of anilines is 3. The average Bonchev–Trinajstić information content (AvgIpc) is 3.87. The van der Waals surface area contributed by atoms with Crippen LogP contribution in [0.4, 0.5) is 17.1 Å². The highest BCUT2D eigenvalue weighted by Crippen LogP contribution is 2.65. The lowest BCUT2D eigenvalue weighted by Gasteiger charge is -2.33. The van der Waals surface area contributed by atoms with Crippen LogP contribution < -0.4 is 4.90 Å². The Kier molecular flexibility index (Phi) is 9.66. The van der Waals surface area contributed by atoms with Gasteiger partial charge in [-0.25, -0.2) is 0 Å². The van der Waals surface area contributed by atoms with Crippen LogP contribution >= 0.6 is 0 Å². The Morgan fingerprint density at radius 3 is 1.59 bits per heavy atom. The first kappa shape index (κ1) is 39.4. The molecule has 13 rings (SSSR count). The summed E-state index contributed by atoms with van der Waals surface area (Å²) in [5.41, 5.74) is 22.3. The number of hydrogen-bond acceptors (Lipinski definition) is 1. The minimum absolute atomic E-state index is 0.440. The second-order valence-corrected chi connectivity index (χ2v) is 19.6. The molecule has 0 aliphatic heterocycles. The van der Waals surface area contributed by atoms with E-state index in [1.54, 1.807) is 0 Å². The van der Waals surface area contributed by atoms with Crippen molar-refractivity contribution in [2.24, 2.45) is 0 Å². The van der Waals surface area contributed by atoms with Crippen molar-refractivity contribution in [3.8, 4) is 44.5 Å². The third-order valence-electron chi connectivity index (χ3n) is 16.1. The first-order valence-corrected chi connectivity index (χ1v) is 24.8. The van der Waals surface area contributed by atoms with Crippen LogP contribution in [-0.2, 0) is 5.41 Å². The van der Waals surface area contributed by atoms with Gasteiger partial charge < -0.3 is 4.90 Å². The molecule has 0 radical (unpaired) electrons. The van der Waals surface area contributed by atoms with Gasteiger partial charge in [0.25, 0.3) is 0 Å². The lowest BCUT2D eigenvalue weighted by molar-refractivity contribution is 0.443. The van der Waals surface area contributed by atoms with Gasteiger partial charge in [0, 0.05) is 16.8 Å². The number of rotatable bonds is 7. The van der Waals surface area contributed by atoms with E-state index in [0.29, 0.717) is 11.8 Å². The second-order valence-electron chi connectivity index (χ2n) is 19.6. The van der Waals surface area contributed by atoms with Crippen LogP contribution in [0.1, 0.15) is 109 Å². The summed E-state index contributed by atoms with van der Waals surface area (Å²) >= 11 is 0. The maximum Gasteiger partial charge on any atom is 0.0726 e. The second kappa shape index (κ2) is 16.2. The summed E-state index contributed by atoms with van der Waals surface area (Å²) < 4.78 is 0. The van der Waals surface area contributed by atoms with Crippen molar-refractivity contribution >= 4 is 27.8 Å². The fourth-order valence-electron chi connectivity index (χ4n) is 13.0. The number of benzene rings is 9. The van der Waals surface area contributed by atoms with E-state index in [0.717, 1.165) is 5.69 Å². The molecule has 4 aliphatic carbocycles. The van der Waals surface area contributed by atoms with Crippen molar-refractivity contribution in [3.05, 3.63) is 234 Å². The molecule has 0 amide bonds. The summed E-state index contributed by atoms with van der Waals surface area (Å²) in [6, 6.07) is 76.8. The lowest BCUT2D eigenvalue weighted by atomic mass is 9.69. The van der Waals surface area contributed by atoms with Gasteiger partial charge in [0.2, 0.25) is 0 Å². The molecule has 0 atom stereocenters. The molecule has 0 bridgehead atoms. The topological polar surface area (TPSA) is 3.24 Å². The van der Waals surface area contributed by atoms with E-state index in [1.165, 1.54) is 164 Å². The quantitative estimate of drug-likeness (QED) is 0.154. The van der Waals surface area contributed by atoms with Gasteiger partial charge >= 0.3 is 0 Å². The molecular formula is C65H55N. The Labute approximate surface area is 390 Å². The molecule has 1 nitrogen and oxygen atoms in total. The van der Waals surface area contributed by atoms with Crippen molar-refractivity contribution in [1.82, 2.24) is 0 Å². The molecule has 0 heterocycles. The first-order valence-electron chi connectivity index (χ1n) is 24.8. The van der Waals surface area contributed by atoms with E-state index >= 15 is 0 Å². The van der Waals surface area contributed by atoms with Crippen molar-refractivity contribution in [3.63, 3.8) is 0 Å². The number of para-hydroxylation sites is 1. The van der Waals surface area contributed by atoms with E-state index in [9.17, 15) is 0 Å². The van der Waals surface area contributed by atoms with Gasteiger partial charge in [0.05, 0.1) is 16.8 Å². The molecule has 66 heavy (non-hydrogen) atoms. The highest BCUT2D eigenvalue weighted by Gasteiger charge is 2.53. The Morgan fingerprint density at radius 2 is 0.879 bits per heavy atom. The molecule has 1 heteroatoms. The standard InChI is InChI=1S/C65H55N/c1-4-18-44(19-5-1)49-36-40-55-56-41-37-50(45-20-6-2-7-21-45)43-61(56)65(60(55)42-49)58-30-14-12-28-57(58)64-59(65)31-17-33-63(64)66(62-32-15-13-27-54(62)47-22-8-3-9-23-47)51-38-34-48(35-39-51)53-29-16-25-46-24-10-11-26-52(46)53/h3,8-17,22-45H,1-2,4-7,18-21H2. The van der Waals surface area contributed by atoms with E-state index < -0.39 is 5.41 Å². The van der Waals surface area contributed by atoms with Crippen LogP contribution in [0.25, 0.3) is 55.3 Å². The summed E-state index contributed by atoms with van der Waals surface area (Å²) in [4.78, 5) is 2.57. The highest BCUT2D eigenvalue weighted by atomic mass is 15.1. The molecule has 0 unspecified atom stereocenters. The van der Waals surface area contributed by atoms with Crippen LogP contribution in [0.3, 0.4) is 0 Å². The molecule has 0 N–H and O–H groups in total. The maximum atomic E-state index is 2.68. The largest absolute Gasteiger partial charge is 0.309 e. The predicted octanol–water partition coefficient (Wildman–Crippen LogP) is 18.1. The van der Waals surface area contributed by atoms with Gasteiger partial charge in [-0.15, -0.1) is 0 Å². The number of fused-ring (bicyclic) bond motifs is 11. The number of nitrogens with zero attached hydrogens (tertiary/aromatic N) is 1. The monoisotopic (exact) mass is 849 g/mol. The lowest BCUT2D eigenvalue weighted by Crippen LogP contribution is -2.26. The Balaban J connectivity index is 1.07. The van der Waals surface area contributed by atoms with Crippen LogP contribution in [-0.4, -0.2) is 0 Å². The molecule has 0 aromatic heterocycles. The number of hydrogen-bond donors (Lipinski definition) is 0. The molecule has 4 aliphatic rings. The van der Waals surface area contributed by atoms with Gasteiger partial charge in [-0.2, -0.15) is 0 Å². The van der Waals surface area contributed by atoms with Crippen LogP contribution in [0.15, 0.2) is 200 Å². The van der Waals surface area contributed by atoms with Gasteiger partial charge in [0.15, 0.2) is 0 Å². The zero-order chi connectivity index (χ0) is 43.6. The van der Waals surface area contributed by atoms with Gasteiger partial charge in [-0.1, -0.05) is 214 Å². The average molecular weight is 850 g/mol. The highest BCUT2D eigenvalue weighted by molar-refractivity contribution is 6.03. The van der Waals surface area contributed by atoms with Crippen LogP contribution in [0.2, 0.25) is 0 Å². The normalized spacial score (nSPS) is 16.2. The van der Waals surface area contributed by atoms with E-state index in [2.05, 4.69) is 205 Å². The van der Waals surface area contributed by atoms with Crippen LogP contribution in [0.5, 0.6) is 0 Å². The van der Waals surface area contributed by atoms with Crippen molar-refractivity contribution in [2.45, 2.75) is 81.5 Å². The third-order valence-corrected chi connectivity index (χ3v) is 16.1. The third kappa shape index (κ3) is 6.20. The van der Waals surface area contributed by atoms with E-state index in [4.69, 9.17) is 0 Å². The Hall–Kier alpha value is -6.96. The molecule has 1 spiro atoms. The summed E-state index contributed by atoms with van der Waals surface area (Å²) in [5, 5.41) is 2.54. The predicted molar refractivity (Wildman–Crippen MR) is 277 cm³/mol. The van der Waals surface area contributed by atoms with Crippen LogP contribution in [0, 0.1) is 0 Å². The fraction of sp³-hybridized carbons (Fsp3) is 0.200. The van der Waals surface area contributed by atoms with Crippen molar-refractivity contribution in [2.75, 3.05) is 4.90 Å². The smallest absolute Gasteiger partial charge is 0.0726 e. The summed E-state index contributed by atoms with van der Waals surface area (Å²) in [7, 11) is 0. The van der Waals surface area contributed by atoms with E-state index in [1.807, 2.05) is 0 Å². The molecule has 2 saturated carbocycles. The summed E-state index contributed by atoms with van der Waals surface area (Å²) in [5.74, 6) is 1.23. The fourth-order valence-corrected chi connectivity index (χ4v) is 13.0. The minimum Gasteiger partial charge on any atom is -0.309 e.